The van der Waals surface area contributed by atoms with E-state index in [1.165, 1.54) is 10.6 Å². The number of alkyl halides is 1. The Kier molecular flexibility index (Phi) is 3.37. The van der Waals surface area contributed by atoms with E-state index in [1.807, 2.05) is 0 Å². The zero-order chi connectivity index (χ0) is 15.1. The van der Waals surface area contributed by atoms with Crippen LogP contribution < -0.4 is 0 Å². The Morgan fingerprint density at radius 1 is 1.05 bits per heavy atom. The highest BCUT2D eigenvalue weighted by atomic mass is 35.5. The van der Waals surface area contributed by atoms with Crippen LogP contribution in [-0.4, -0.2) is 9.55 Å². The average Bonchev–Trinajstić information content (AvgIpc) is 2.85. The van der Waals surface area contributed by atoms with Crippen LogP contribution >= 0.6 is 11.6 Å². The minimum absolute atomic E-state index is 0.120. The summed E-state index contributed by atoms with van der Waals surface area (Å²) in [5.74, 6) is -3.65. The molecule has 0 saturated heterocycles. The minimum atomic E-state index is -1.52. The number of rotatable bonds is 2. The second-order valence-electron chi connectivity index (χ2n) is 4.60. The van der Waals surface area contributed by atoms with Crippen LogP contribution in [0.2, 0.25) is 0 Å². The molecule has 0 spiro atoms. The van der Waals surface area contributed by atoms with Gasteiger partial charge in [-0.05, 0) is 31.2 Å². The third-order valence-electron chi connectivity index (χ3n) is 3.20. The van der Waals surface area contributed by atoms with Crippen LogP contribution in [0.1, 0.15) is 18.1 Å². The molecule has 6 heteroatoms. The lowest BCUT2D eigenvalue weighted by molar-refractivity contribution is 0.444. The monoisotopic (exact) mass is 310 g/mol. The molecule has 0 amide bonds. The standard InChI is InChI=1S/C15H10ClF3N2/c1-8(16)15-20-10-4-2-3-5-11(10)21(15)12-7-6-9(17)13(18)14(12)19/h2-8H,1H3. The molecule has 1 atom stereocenters. The van der Waals surface area contributed by atoms with Crippen molar-refractivity contribution in [2.24, 2.45) is 0 Å². The zero-order valence-electron chi connectivity index (χ0n) is 10.9. The van der Waals surface area contributed by atoms with Gasteiger partial charge in [-0.25, -0.2) is 18.2 Å². The van der Waals surface area contributed by atoms with Gasteiger partial charge in [-0.15, -0.1) is 11.6 Å². The molecule has 0 bridgehead atoms. The maximum atomic E-state index is 14.1. The highest BCUT2D eigenvalue weighted by Gasteiger charge is 2.21. The third-order valence-corrected chi connectivity index (χ3v) is 3.39. The van der Waals surface area contributed by atoms with Gasteiger partial charge in [-0.2, -0.15) is 0 Å². The number of halogens is 4. The molecule has 0 saturated carbocycles. The number of nitrogens with zero attached hydrogens (tertiary/aromatic N) is 2. The van der Waals surface area contributed by atoms with Crippen molar-refractivity contribution in [2.45, 2.75) is 12.3 Å². The fourth-order valence-corrected chi connectivity index (χ4v) is 2.40. The predicted molar refractivity (Wildman–Crippen MR) is 75.2 cm³/mol. The van der Waals surface area contributed by atoms with Crippen molar-refractivity contribution >= 4 is 22.6 Å². The van der Waals surface area contributed by atoms with Gasteiger partial charge in [-0.3, -0.25) is 4.57 Å². The average molecular weight is 311 g/mol. The molecule has 2 nitrogen and oxygen atoms in total. The van der Waals surface area contributed by atoms with Gasteiger partial charge in [0.05, 0.1) is 22.1 Å². The lowest BCUT2D eigenvalue weighted by Crippen LogP contribution is -2.06. The molecule has 0 radical (unpaired) electrons. The topological polar surface area (TPSA) is 17.8 Å². The van der Waals surface area contributed by atoms with Gasteiger partial charge in [0.15, 0.2) is 17.5 Å². The molecule has 1 unspecified atom stereocenters. The summed E-state index contributed by atoms with van der Waals surface area (Å²) in [4.78, 5) is 4.33. The van der Waals surface area contributed by atoms with Gasteiger partial charge in [-0.1, -0.05) is 12.1 Å². The first-order valence-corrected chi connectivity index (χ1v) is 6.69. The Labute approximate surface area is 123 Å². The first-order chi connectivity index (χ1) is 10.0. The molecule has 1 aromatic heterocycles. The number of hydrogen-bond donors (Lipinski definition) is 0. The van der Waals surface area contributed by atoms with Crippen molar-refractivity contribution in [2.75, 3.05) is 0 Å². The van der Waals surface area contributed by atoms with Crippen LogP contribution in [0.25, 0.3) is 16.7 Å². The largest absolute Gasteiger partial charge is 0.292 e. The van der Waals surface area contributed by atoms with Crippen molar-refractivity contribution in [1.29, 1.82) is 0 Å². The van der Waals surface area contributed by atoms with Crippen molar-refractivity contribution in [3.63, 3.8) is 0 Å². The number of fused-ring (bicyclic) bond motifs is 1. The molecule has 0 fully saturated rings. The third kappa shape index (κ3) is 2.17. The summed E-state index contributed by atoms with van der Waals surface area (Å²) in [7, 11) is 0. The number of benzene rings is 2. The van der Waals surface area contributed by atoms with Crippen LogP contribution in [0.15, 0.2) is 36.4 Å². The Balaban J connectivity index is 2.39. The normalized spacial score (nSPS) is 12.8. The molecule has 0 aliphatic heterocycles. The summed E-state index contributed by atoms with van der Waals surface area (Å²) in [5, 5.41) is -0.523. The lowest BCUT2D eigenvalue weighted by Gasteiger charge is -2.12. The number of para-hydroxylation sites is 2. The first kappa shape index (κ1) is 13.9. The highest BCUT2D eigenvalue weighted by Crippen LogP contribution is 2.30. The molecule has 108 valence electrons. The van der Waals surface area contributed by atoms with Crippen LogP contribution in [0.3, 0.4) is 0 Å². The van der Waals surface area contributed by atoms with Crippen LogP contribution in [0.5, 0.6) is 0 Å². The molecule has 21 heavy (non-hydrogen) atoms. The summed E-state index contributed by atoms with van der Waals surface area (Å²) < 4.78 is 42.1. The van der Waals surface area contributed by atoms with Crippen molar-refractivity contribution in [3.8, 4) is 5.69 Å². The van der Waals surface area contributed by atoms with Crippen LogP contribution in [0, 0.1) is 17.5 Å². The quantitative estimate of drug-likeness (QED) is 0.493. The van der Waals surface area contributed by atoms with E-state index in [0.717, 1.165) is 6.07 Å². The predicted octanol–water partition coefficient (Wildman–Crippen LogP) is 4.74. The van der Waals surface area contributed by atoms with E-state index in [-0.39, 0.29) is 5.69 Å². The second-order valence-corrected chi connectivity index (χ2v) is 5.26. The van der Waals surface area contributed by atoms with Crippen LogP contribution in [0.4, 0.5) is 13.2 Å². The van der Waals surface area contributed by atoms with Gasteiger partial charge >= 0.3 is 0 Å². The van der Waals surface area contributed by atoms with Gasteiger partial charge in [0, 0.05) is 0 Å². The van der Waals surface area contributed by atoms with Gasteiger partial charge in [0.25, 0.3) is 0 Å². The van der Waals surface area contributed by atoms with E-state index in [9.17, 15) is 13.2 Å². The molecular formula is C15H10ClF3N2. The molecule has 3 rings (SSSR count). The molecule has 0 N–H and O–H groups in total. The minimum Gasteiger partial charge on any atom is -0.292 e. The Bertz CT molecular complexity index is 827. The van der Waals surface area contributed by atoms with E-state index in [4.69, 9.17) is 11.6 Å². The SMILES string of the molecule is CC(Cl)c1nc2ccccc2n1-c1ccc(F)c(F)c1F. The zero-order valence-corrected chi connectivity index (χ0v) is 11.7. The highest BCUT2D eigenvalue weighted by molar-refractivity contribution is 6.20. The summed E-state index contributed by atoms with van der Waals surface area (Å²) in [6.07, 6.45) is 0. The lowest BCUT2D eigenvalue weighted by atomic mass is 10.2. The Morgan fingerprint density at radius 3 is 2.48 bits per heavy atom. The molecule has 3 aromatic rings. The smallest absolute Gasteiger partial charge is 0.196 e. The molecule has 2 aromatic carbocycles. The molecule has 0 aliphatic rings. The fourth-order valence-electron chi connectivity index (χ4n) is 2.25. The van der Waals surface area contributed by atoms with E-state index < -0.39 is 22.8 Å². The van der Waals surface area contributed by atoms with E-state index in [0.29, 0.717) is 16.9 Å². The Morgan fingerprint density at radius 2 is 1.76 bits per heavy atom. The first-order valence-electron chi connectivity index (χ1n) is 6.26. The van der Waals surface area contributed by atoms with Crippen molar-refractivity contribution in [1.82, 2.24) is 9.55 Å². The molecule has 1 heterocycles. The Hall–Kier alpha value is -2.01. The number of hydrogen-bond acceptors (Lipinski definition) is 1. The fraction of sp³-hybridized carbons (Fsp3) is 0.133. The summed E-state index contributed by atoms with van der Waals surface area (Å²) in [6.45, 7) is 1.68. The molecular weight excluding hydrogens is 301 g/mol. The summed E-state index contributed by atoms with van der Waals surface area (Å²) in [6, 6.07) is 9.04. The van der Waals surface area contributed by atoms with Crippen molar-refractivity contribution in [3.05, 3.63) is 59.7 Å². The maximum absolute atomic E-state index is 14.1. The van der Waals surface area contributed by atoms with Crippen LogP contribution in [-0.2, 0) is 0 Å². The van der Waals surface area contributed by atoms with E-state index >= 15 is 0 Å². The van der Waals surface area contributed by atoms with Gasteiger partial charge < -0.3 is 0 Å². The van der Waals surface area contributed by atoms with E-state index in [1.54, 1.807) is 31.2 Å². The molecule has 0 aliphatic carbocycles. The second kappa shape index (κ2) is 5.07. The maximum Gasteiger partial charge on any atom is 0.196 e. The summed E-state index contributed by atoms with van der Waals surface area (Å²) >= 11 is 6.08. The van der Waals surface area contributed by atoms with Crippen molar-refractivity contribution < 1.29 is 13.2 Å². The number of aromatic nitrogens is 2. The van der Waals surface area contributed by atoms with Gasteiger partial charge in [0.1, 0.15) is 5.82 Å². The van der Waals surface area contributed by atoms with E-state index in [2.05, 4.69) is 4.98 Å². The number of imidazole rings is 1. The van der Waals surface area contributed by atoms with Gasteiger partial charge in [0.2, 0.25) is 0 Å². The summed E-state index contributed by atoms with van der Waals surface area (Å²) in [5.41, 5.74) is 1.05.